The number of benzene rings is 2. The molecule has 130 valence electrons. The van der Waals surface area contributed by atoms with Gasteiger partial charge in [-0.1, -0.05) is 18.2 Å². The van der Waals surface area contributed by atoms with E-state index in [0.717, 1.165) is 18.2 Å². The molecule has 0 bridgehead atoms. The second kappa shape index (κ2) is 6.29. The van der Waals surface area contributed by atoms with Crippen molar-refractivity contribution in [3.8, 4) is 16.9 Å². The van der Waals surface area contributed by atoms with Crippen molar-refractivity contribution in [2.24, 2.45) is 0 Å². The molecule has 0 N–H and O–H groups in total. The van der Waals surface area contributed by atoms with E-state index in [1.807, 2.05) is 0 Å². The average Bonchev–Trinajstić information content (AvgIpc) is 2.44. The van der Waals surface area contributed by atoms with E-state index >= 15 is 0 Å². The lowest BCUT2D eigenvalue weighted by molar-refractivity contribution is -0.274. The highest BCUT2D eigenvalue weighted by molar-refractivity contribution is 5.70. The first-order chi connectivity index (χ1) is 11.0. The fourth-order valence-electron chi connectivity index (χ4n) is 2.04. The topological polar surface area (TPSA) is 9.23 Å². The normalized spacial score (nSPS) is 12.5. The van der Waals surface area contributed by atoms with Crippen molar-refractivity contribution in [2.75, 3.05) is 0 Å². The van der Waals surface area contributed by atoms with E-state index in [-0.39, 0.29) is 5.56 Å². The molecule has 1 nitrogen and oxygen atoms in total. The standard InChI is InChI=1S/C15H8F8O/c16-13(17)9-4-5-12(14(18,19)20)11(7-9)8-2-1-3-10(6-8)24-15(21,22)23/h1-7,13H. The Hall–Kier alpha value is -2.32. The summed E-state index contributed by atoms with van der Waals surface area (Å²) in [6.07, 6.45) is -12.9. The van der Waals surface area contributed by atoms with E-state index in [2.05, 4.69) is 4.74 Å². The maximum Gasteiger partial charge on any atom is 0.573 e. The fraction of sp³-hybridized carbons (Fsp3) is 0.200. The predicted octanol–water partition coefficient (Wildman–Crippen LogP) is 6.21. The van der Waals surface area contributed by atoms with Gasteiger partial charge >= 0.3 is 12.5 Å². The van der Waals surface area contributed by atoms with Crippen molar-refractivity contribution in [1.82, 2.24) is 0 Å². The van der Waals surface area contributed by atoms with Gasteiger partial charge in [0.25, 0.3) is 6.43 Å². The van der Waals surface area contributed by atoms with Gasteiger partial charge in [0.05, 0.1) is 5.56 Å². The first-order valence-corrected chi connectivity index (χ1v) is 6.33. The first-order valence-electron chi connectivity index (χ1n) is 6.33. The number of hydrogen-bond acceptors (Lipinski definition) is 1. The summed E-state index contributed by atoms with van der Waals surface area (Å²) < 4.78 is 105. The molecule has 0 saturated carbocycles. The zero-order valence-corrected chi connectivity index (χ0v) is 11.6. The lowest BCUT2D eigenvalue weighted by Crippen LogP contribution is -2.17. The van der Waals surface area contributed by atoms with Gasteiger partial charge in [-0.2, -0.15) is 13.2 Å². The minimum atomic E-state index is -5.03. The molecule has 0 aromatic heterocycles. The van der Waals surface area contributed by atoms with Crippen molar-refractivity contribution in [1.29, 1.82) is 0 Å². The van der Waals surface area contributed by atoms with Crippen LogP contribution in [0.25, 0.3) is 11.1 Å². The monoisotopic (exact) mass is 356 g/mol. The summed E-state index contributed by atoms with van der Waals surface area (Å²) in [7, 11) is 0. The Balaban J connectivity index is 2.57. The Morgan fingerprint density at radius 1 is 0.833 bits per heavy atom. The highest BCUT2D eigenvalue weighted by Crippen LogP contribution is 2.40. The summed E-state index contributed by atoms with van der Waals surface area (Å²) in [6.45, 7) is 0. The van der Waals surface area contributed by atoms with Gasteiger partial charge in [-0.05, 0) is 35.4 Å². The largest absolute Gasteiger partial charge is 0.573 e. The Labute approximate surface area is 130 Å². The molecule has 9 heteroatoms. The molecule has 2 rings (SSSR count). The van der Waals surface area contributed by atoms with Gasteiger partial charge in [0, 0.05) is 5.56 Å². The first kappa shape index (κ1) is 18.0. The molecule has 0 spiro atoms. The molecule has 0 fully saturated rings. The van der Waals surface area contributed by atoms with Crippen LogP contribution in [0.3, 0.4) is 0 Å². The van der Waals surface area contributed by atoms with Crippen LogP contribution in [0.1, 0.15) is 17.6 Å². The molecule has 0 aliphatic rings. The Bertz CT molecular complexity index is 718. The maximum atomic E-state index is 13.0. The van der Waals surface area contributed by atoms with Crippen molar-refractivity contribution < 1.29 is 39.9 Å². The molecule has 0 radical (unpaired) electrons. The zero-order valence-electron chi connectivity index (χ0n) is 11.6. The van der Waals surface area contributed by atoms with E-state index in [1.54, 1.807) is 0 Å². The average molecular weight is 356 g/mol. The number of alkyl halides is 8. The van der Waals surface area contributed by atoms with Crippen LogP contribution in [0.2, 0.25) is 0 Å². The van der Waals surface area contributed by atoms with Crippen molar-refractivity contribution in [2.45, 2.75) is 19.0 Å². The van der Waals surface area contributed by atoms with Crippen LogP contribution in [-0.2, 0) is 6.18 Å². The summed E-state index contributed by atoms with van der Waals surface area (Å²) in [5.41, 5.74) is -2.91. The number of hydrogen-bond donors (Lipinski definition) is 0. The summed E-state index contributed by atoms with van der Waals surface area (Å²) in [5, 5.41) is 0. The van der Waals surface area contributed by atoms with Crippen LogP contribution >= 0.6 is 0 Å². The molecule has 0 unspecified atom stereocenters. The van der Waals surface area contributed by atoms with Crippen molar-refractivity contribution >= 4 is 0 Å². The molecule has 0 aliphatic heterocycles. The van der Waals surface area contributed by atoms with Gasteiger partial charge < -0.3 is 4.74 Å². The lowest BCUT2D eigenvalue weighted by Gasteiger charge is -2.16. The van der Waals surface area contributed by atoms with Crippen LogP contribution in [-0.4, -0.2) is 6.36 Å². The number of halogens is 8. The highest BCUT2D eigenvalue weighted by Gasteiger charge is 2.35. The summed E-state index contributed by atoms with van der Waals surface area (Å²) >= 11 is 0. The van der Waals surface area contributed by atoms with E-state index in [0.29, 0.717) is 24.3 Å². The lowest BCUT2D eigenvalue weighted by atomic mass is 9.96. The van der Waals surface area contributed by atoms with Crippen molar-refractivity contribution in [3.63, 3.8) is 0 Å². The predicted molar refractivity (Wildman–Crippen MR) is 68.5 cm³/mol. The highest BCUT2D eigenvalue weighted by atomic mass is 19.4. The van der Waals surface area contributed by atoms with Crippen LogP contribution < -0.4 is 4.74 Å². The van der Waals surface area contributed by atoms with E-state index in [4.69, 9.17) is 0 Å². The van der Waals surface area contributed by atoms with Crippen LogP contribution in [0.4, 0.5) is 35.1 Å². The quantitative estimate of drug-likeness (QED) is 0.594. The summed E-state index contributed by atoms with van der Waals surface area (Å²) in [5.74, 6) is -0.754. The molecule has 0 heterocycles. The SMILES string of the molecule is FC(F)c1ccc(C(F)(F)F)c(-c2cccc(OC(F)(F)F)c2)c1. The Kier molecular flexibility index (Phi) is 4.73. The van der Waals surface area contributed by atoms with Crippen LogP contribution in [0, 0.1) is 0 Å². The molecular formula is C15H8F8O. The van der Waals surface area contributed by atoms with Crippen LogP contribution in [0.5, 0.6) is 5.75 Å². The van der Waals surface area contributed by atoms with Gasteiger partial charge in [0.2, 0.25) is 0 Å². The smallest absolute Gasteiger partial charge is 0.406 e. The maximum absolute atomic E-state index is 13.0. The third kappa shape index (κ3) is 4.36. The third-order valence-electron chi connectivity index (χ3n) is 2.98. The summed E-state index contributed by atoms with van der Waals surface area (Å²) in [6, 6.07) is 5.38. The molecular weight excluding hydrogens is 348 g/mol. The number of rotatable bonds is 3. The van der Waals surface area contributed by atoms with E-state index < -0.39 is 41.4 Å². The van der Waals surface area contributed by atoms with Crippen LogP contribution in [0.15, 0.2) is 42.5 Å². The van der Waals surface area contributed by atoms with Crippen molar-refractivity contribution in [3.05, 3.63) is 53.6 Å². The molecule has 0 amide bonds. The Morgan fingerprint density at radius 2 is 1.50 bits per heavy atom. The molecule has 0 aliphatic carbocycles. The second-order valence-corrected chi connectivity index (χ2v) is 4.68. The third-order valence-corrected chi connectivity index (χ3v) is 2.98. The second-order valence-electron chi connectivity index (χ2n) is 4.68. The Morgan fingerprint density at radius 3 is 2.04 bits per heavy atom. The minimum Gasteiger partial charge on any atom is -0.406 e. The van der Waals surface area contributed by atoms with Gasteiger partial charge in [0.1, 0.15) is 5.75 Å². The number of ether oxygens (including phenoxy) is 1. The zero-order chi connectivity index (χ0) is 18.1. The summed E-state index contributed by atoms with van der Waals surface area (Å²) in [4.78, 5) is 0. The molecule has 0 saturated heterocycles. The van der Waals surface area contributed by atoms with E-state index in [1.165, 1.54) is 0 Å². The minimum absolute atomic E-state index is 0.327. The fourth-order valence-corrected chi connectivity index (χ4v) is 2.04. The molecule has 2 aromatic carbocycles. The molecule has 24 heavy (non-hydrogen) atoms. The van der Waals surface area contributed by atoms with Gasteiger partial charge in [-0.15, -0.1) is 13.2 Å². The van der Waals surface area contributed by atoms with Gasteiger partial charge in [-0.25, -0.2) is 8.78 Å². The van der Waals surface area contributed by atoms with Gasteiger partial charge in [-0.3, -0.25) is 0 Å². The van der Waals surface area contributed by atoms with Gasteiger partial charge in [0.15, 0.2) is 0 Å². The molecule has 0 atom stereocenters. The molecule has 2 aromatic rings. The van der Waals surface area contributed by atoms with E-state index in [9.17, 15) is 35.1 Å².